The molecule has 7 heteroatoms. The van der Waals surface area contributed by atoms with Gasteiger partial charge in [0.25, 0.3) is 0 Å². The zero-order valence-corrected chi connectivity index (χ0v) is 14.7. The number of methoxy groups -OCH3 is 1. The first-order chi connectivity index (χ1) is 12.8. The third kappa shape index (κ3) is 4.51. The van der Waals surface area contributed by atoms with Crippen LogP contribution in [-0.4, -0.2) is 53.5 Å². The van der Waals surface area contributed by atoms with E-state index in [4.69, 9.17) is 14.6 Å². The number of rotatable bonds is 9. The average molecular weight is 354 g/mol. The van der Waals surface area contributed by atoms with Crippen molar-refractivity contribution < 1.29 is 14.6 Å². The number of nitrogens with zero attached hydrogens (tertiary/aromatic N) is 3. The van der Waals surface area contributed by atoms with Gasteiger partial charge in [-0.15, -0.1) is 0 Å². The van der Waals surface area contributed by atoms with Crippen LogP contribution in [0, 0.1) is 0 Å². The molecule has 0 aliphatic heterocycles. The zero-order valence-electron chi connectivity index (χ0n) is 14.7. The summed E-state index contributed by atoms with van der Waals surface area (Å²) in [5.74, 6) is 1.35. The third-order valence-electron chi connectivity index (χ3n) is 3.77. The molecule has 0 atom stereocenters. The molecule has 0 fully saturated rings. The van der Waals surface area contributed by atoms with Crippen LogP contribution in [0.1, 0.15) is 5.56 Å². The van der Waals surface area contributed by atoms with Crippen molar-refractivity contribution in [2.45, 2.75) is 6.61 Å². The van der Waals surface area contributed by atoms with E-state index in [2.05, 4.69) is 20.3 Å². The fourth-order valence-electron chi connectivity index (χ4n) is 2.60. The van der Waals surface area contributed by atoms with Crippen molar-refractivity contribution in [3.63, 3.8) is 0 Å². The molecule has 0 amide bonds. The standard InChI is InChI=1S/C19H22N4O3/c1-25-13-14-4-5-17-16(11-14)19(21-7-9-26-10-8-24)23-18(22-17)15-3-2-6-20-12-15/h2-6,11-12,24H,7-10,13H2,1H3,(H,21,22,23). The maximum absolute atomic E-state index is 8.78. The van der Waals surface area contributed by atoms with Crippen molar-refractivity contribution in [3.8, 4) is 11.4 Å². The Morgan fingerprint density at radius 3 is 2.85 bits per heavy atom. The number of aliphatic hydroxyl groups excluding tert-OH is 1. The first-order valence-electron chi connectivity index (χ1n) is 8.44. The van der Waals surface area contributed by atoms with Crippen LogP contribution >= 0.6 is 0 Å². The van der Waals surface area contributed by atoms with Gasteiger partial charge in [-0.2, -0.15) is 0 Å². The molecule has 2 N–H and O–H groups in total. The Kier molecular flexibility index (Phi) is 6.43. The van der Waals surface area contributed by atoms with Crippen LogP contribution in [0.4, 0.5) is 5.82 Å². The molecule has 0 aliphatic carbocycles. The monoisotopic (exact) mass is 354 g/mol. The lowest BCUT2D eigenvalue weighted by molar-refractivity contribution is 0.0992. The Morgan fingerprint density at radius 1 is 1.15 bits per heavy atom. The van der Waals surface area contributed by atoms with Crippen LogP contribution in [0.2, 0.25) is 0 Å². The SMILES string of the molecule is COCc1ccc2nc(-c3cccnc3)nc(NCCOCCO)c2c1. The fraction of sp³-hybridized carbons (Fsp3) is 0.316. The highest BCUT2D eigenvalue weighted by Crippen LogP contribution is 2.25. The number of fused-ring (bicyclic) bond motifs is 1. The van der Waals surface area contributed by atoms with E-state index >= 15 is 0 Å². The lowest BCUT2D eigenvalue weighted by atomic mass is 10.1. The molecule has 0 saturated heterocycles. The van der Waals surface area contributed by atoms with Crippen molar-refractivity contribution in [2.75, 3.05) is 38.8 Å². The zero-order chi connectivity index (χ0) is 18.2. The lowest BCUT2D eigenvalue weighted by Gasteiger charge is -2.12. The highest BCUT2D eigenvalue weighted by atomic mass is 16.5. The number of pyridine rings is 1. The van der Waals surface area contributed by atoms with Crippen molar-refractivity contribution >= 4 is 16.7 Å². The van der Waals surface area contributed by atoms with E-state index in [9.17, 15) is 0 Å². The van der Waals surface area contributed by atoms with Crippen LogP contribution in [0.25, 0.3) is 22.3 Å². The Balaban J connectivity index is 1.94. The molecule has 26 heavy (non-hydrogen) atoms. The number of ether oxygens (including phenoxy) is 2. The summed E-state index contributed by atoms with van der Waals surface area (Å²) < 4.78 is 10.5. The van der Waals surface area contributed by atoms with Gasteiger partial charge in [-0.1, -0.05) is 6.07 Å². The number of nitrogens with one attached hydrogen (secondary N) is 1. The Bertz CT molecular complexity index is 843. The minimum absolute atomic E-state index is 0.0158. The van der Waals surface area contributed by atoms with Gasteiger partial charge in [0.15, 0.2) is 5.82 Å². The van der Waals surface area contributed by atoms with Crippen molar-refractivity contribution in [2.24, 2.45) is 0 Å². The van der Waals surface area contributed by atoms with Gasteiger partial charge in [0.1, 0.15) is 5.82 Å². The summed E-state index contributed by atoms with van der Waals surface area (Å²) in [6.45, 7) is 1.92. The number of aromatic nitrogens is 3. The third-order valence-corrected chi connectivity index (χ3v) is 3.77. The summed E-state index contributed by atoms with van der Waals surface area (Å²) in [5.41, 5.74) is 2.75. The van der Waals surface area contributed by atoms with E-state index in [-0.39, 0.29) is 6.61 Å². The van der Waals surface area contributed by atoms with E-state index in [0.29, 0.717) is 32.2 Å². The second-order valence-electron chi connectivity index (χ2n) is 5.68. The van der Waals surface area contributed by atoms with Crippen LogP contribution in [0.15, 0.2) is 42.7 Å². The molecular weight excluding hydrogens is 332 g/mol. The molecular formula is C19H22N4O3. The molecule has 0 spiro atoms. The molecule has 2 heterocycles. The summed E-state index contributed by atoms with van der Waals surface area (Å²) in [4.78, 5) is 13.5. The fourth-order valence-corrected chi connectivity index (χ4v) is 2.60. The van der Waals surface area contributed by atoms with Gasteiger partial charge in [0.05, 0.1) is 31.9 Å². The summed E-state index contributed by atoms with van der Waals surface area (Å²) in [7, 11) is 1.67. The van der Waals surface area contributed by atoms with Gasteiger partial charge in [-0.25, -0.2) is 9.97 Å². The summed E-state index contributed by atoms with van der Waals surface area (Å²) in [6, 6.07) is 9.80. The number of anilines is 1. The first kappa shape index (κ1) is 18.2. The minimum Gasteiger partial charge on any atom is -0.394 e. The molecule has 0 radical (unpaired) electrons. The summed E-state index contributed by atoms with van der Waals surface area (Å²) in [5, 5.41) is 13.0. The smallest absolute Gasteiger partial charge is 0.163 e. The molecule has 0 aliphatic rings. The predicted molar refractivity (Wildman–Crippen MR) is 99.9 cm³/mol. The average Bonchev–Trinajstić information content (AvgIpc) is 2.68. The molecule has 1 aromatic carbocycles. The largest absolute Gasteiger partial charge is 0.394 e. The van der Waals surface area contributed by atoms with Crippen molar-refractivity contribution in [1.29, 1.82) is 0 Å². The second-order valence-corrected chi connectivity index (χ2v) is 5.68. The lowest BCUT2D eigenvalue weighted by Crippen LogP contribution is -2.13. The van der Waals surface area contributed by atoms with E-state index in [0.717, 1.165) is 27.8 Å². The quantitative estimate of drug-likeness (QED) is 0.570. The Labute approximate surface area is 152 Å². The van der Waals surface area contributed by atoms with E-state index in [1.54, 1.807) is 19.5 Å². The predicted octanol–water partition coefficient (Wildman–Crippen LogP) is 2.26. The van der Waals surface area contributed by atoms with Gasteiger partial charge in [0, 0.05) is 37.0 Å². The molecule has 2 aromatic heterocycles. The van der Waals surface area contributed by atoms with E-state index in [1.807, 2.05) is 30.3 Å². The van der Waals surface area contributed by atoms with Crippen LogP contribution < -0.4 is 5.32 Å². The van der Waals surface area contributed by atoms with Crippen LogP contribution in [0.5, 0.6) is 0 Å². The van der Waals surface area contributed by atoms with E-state index in [1.165, 1.54) is 0 Å². The van der Waals surface area contributed by atoms with E-state index < -0.39 is 0 Å². The van der Waals surface area contributed by atoms with Crippen LogP contribution in [-0.2, 0) is 16.1 Å². The summed E-state index contributed by atoms with van der Waals surface area (Å²) >= 11 is 0. The van der Waals surface area contributed by atoms with Gasteiger partial charge in [0.2, 0.25) is 0 Å². The van der Waals surface area contributed by atoms with Gasteiger partial charge >= 0.3 is 0 Å². The maximum atomic E-state index is 8.78. The van der Waals surface area contributed by atoms with Crippen LogP contribution in [0.3, 0.4) is 0 Å². The molecule has 7 nitrogen and oxygen atoms in total. The van der Waals surface area contributed by atoms with Crippen molar-refractivity contribution in [1.82, 2.24) is 15.0 Å². The molecule has 3 rings (SSSR count). The minimum atomic E-state index is 0.0158. The van der Waals surface area contributed by atoms with Gasteiger partial charge in [-0.05, 0) is 29.8 Å². The summed E-state index contributed by atoms with van der Waals surface area (Å²) in [6.07, 6.45) is 3.47. The number of aliphatic hydroxyl groups is 1. The number of hydrogen-bond donors (Lipinski definition) is 2. The van der Waals surface area contributed by atoms with Crippen molar-refractivity contribution in [3.05, 3.63) is 48.3 Å². The Hall–Kier alpha value is -2.61. The van der Waals surface area contributed by atoms with Gasteiger partial charge in [-0.3, -0.25) is 4.98 Å². The highest BCUT2D eigenvalue weighted by Gasteiger charge is 2.10. The maximum Gasteiger partial charge on any atom is 0.163 e. The normalized spacial score (nSPS) is 11.0. The second kappa shape index (κ2) is 9.19. The topological polar surface area (TPSA) is 89.4 Å². The molecule has 3 aromatic rings. The first-order valence-corrected chi connectivity index (χ1v) is 8.44. The highest BCUT2D eigenvalue weighted by molar-refractivity contribution is 5.91. The molecule has 0 unspecified atom stereocenters. The molecule has 136 valence electrons. The molecule has 0 bridgehead atoms. The number of benzene rings is 1. The van der Waals surface area contributed by atoms with Gasteiger partial charge < -0.3 is 19.9 Å². The number of hydrogen-bond acceptors (Lipinski definition) is 7. The molecule has 0 saturated carbocycles. The Morgan fingerprint density at radius 2 is 2.08 bits per heavy atom.